The van der Waals surface area contributed by atoms with Crippen molar-refractivity contribution in [3.8, 4) is 5.69 Å². The molecule has 0 aliphatic carbocycles. The highest BCUT2D eigenvalue weighted by Crippen LogP contribution is 2.25. The van der Waals surface area contributed by atoms with Gasteiger partial charge in [-0.05, 0) is 55.1 Å². The van der Waals surface area contributed by atoms with Crippen LogP contribution in [0.4, 0.5) is 5.69 Å². The van der Waals surface area contributed by atoms with Crippen LogP contribution in [0.15, 0.2) is 86.9 Å². The zero-order chi connectivity index (χ0) is 25.9. The number of nitrogens with zero attached hydrogens (tertiary/aromatic N) is 4. The van der Waals surface area contributed by atoms with E-state index in [9.17, 15) is 18.0 Å². The molecule has 0 atom stereocenters. The number of thiophene rings is 1. The quantitative estimate of drug-likeness (QED) is 0.283. The van der Waals surface area contributed by atoms with E-state index in [2.05, 4.69) is 10.5 Å². The van der Waals surface area contributed by atoms with Crippen LogP contribution in [-0.4, -0.2) is 36.4 Å². The van der Waals surface area contributed by atoms with Gasteiger partial charge < -0.3 is 0 Å². The number of sulfonamides is 1. The highest BCUT2D eigenvalue weighted by Gasteiger charge is 2.33. The number of aryl methyl sites for hydroxylation is 1. The first kappa shape index (κ1) is 25.1. The fourth-order valence-corrected chi connectivity index (χ4v) is 5.97. The smallest absolute Gasteiger partial charge is 0.283 e. The number of hydrogen-bond donors (Lipinski definition) is 1. The van der Waals surface area contributed by atoms with E-state index < -0.39 is 28.0 Å². The van der Waals surface area contributed by atoms with E-state index in [1.54, 1.807) is 61.1 Å². The Morgan fingerprint density at radius 2 is 1.69 bits per heavy atom. The first-order valence-corrected chi connectivity index (χ1v) is 13.3. The van der Waals surface area contributed by atoms with Crippen LogP contribution in [0.25, 0.3) is 5.69 Å². The number of nitrogens with one attached hydrogen (secondary N) is 1. The molecule has 4 aromatic rings. The summed E-state index contributed by atoms with van der Waals surface area (Å²) in [7, 11) is -2.60. The predicted molar refractivity (Wildman–Crippen MR) is 142 cm³/mol. The summed E-state index contributed by atoms with van der Waals surface area (Å²) in [4.78, 5) is 27.3. The summed E-state index contributed by atoms with van der Waals surface area (Å²) in [6, 6.07) is 18.5. The van der Waals surface area contributed by atoms with Crippen molar-refractivity contribution in [1.29, 1.82) is 0 Å². The van der Waals surface area contributed by atoms with E-state index in [0.717, 1.165) is 14.7 Å². The van der Waals surface area contributed by atoms with Crippen molar-refractivity contribution in [2.45, 2.75) is 18.7 Å². The molecule has 2 aromatic carbocycles. The molecule has 2 heterocycles. The maximum atomic E-state index is 13.7. The second-order valence-electron chi connectivity index (χ2n) is 8.00. The number of carbonyl (C=O) groups is 1. The van der Waals surface area contributed by atoms with Gasteiger partial charge in [-0.25, -0.2) is 22.8 Å². The number of rotatable bonds is 8. The molecular weight excluding hydrogens is 498 g/mol. The lowest BCUT2D eigenvalue weighted by Gasteiger charge is -2.22. The Labute approximate surface area is 213 Å². The summed E-state index contributed by atoms with van der Waals surface area (Å²) < 4.78 is 31.2. The summed E-state index contributed by atoms with van der Waals surface area (Å²) in [6.07, 6.45) is 1.50. The van der Waals surface area contributed by atoms with Gasteiger partial charge in [0.05, 0.1) is 22.5 Å². The number of carbonyl (C=O) groups excluding carboxylic acids is 1. The molecule has 0 fully saturated rings. The minimum atomic E-state index is -4.26. The van der Waals surface area contributed by atoms with Crippen molar-refractivity contribution in [1.82, 2.24) is 14.8 Å². The Bertz CT molecular complexity index is 1570. The molecule has 0 bridgehead atoms. The van der Waals surface area contributed by atoms with Crippen LogP contribution < -0.4 is 15.3 Å². The minimum Gasteiger partial charge on any atom is -0.283 e. The fraction of sp³-hybridized carbons (Fsp3) is 0.160. The standard InChI is InChI=1S/C25H25N5O4S2/c1-18-14-15-35-22(18)16-26-27-23(31)17-29(36(33,34)21-12-8-5-9-13-21)24-19(2)28(3)30(25(24)32)20-10-6-4-7-11-20/h4-16H,17H2,1-3H3,(H,27,31)/b26-16-. The van der Waals surface area contributed by atoms with Gasteiger partial charge in [-0.2, -0.15) is 5.10 Å². The van der Waals surface area contributed by atoms with Crippen LogP contribution in [0.5, 0.6) is 0 Å². The van der Waals surface area contributed by atoms with Gasteiger partial charge in [0, 0.05) is 11.9 Å². The van der Waals surface area contributed by atoms with E-state index in [0.29, 0.717) is 11.4 Å². The monoisotopic (exact) mass is 523 g/mol. The summed E-state index contributed by atoms with van der Waals surface area (Å²) in [6.45, 7) is 2.93. The molecule has 2 aromatic heterocycles. The summed E-state index contributed by atoms with van der Waals surface area (Å²) in [5.41, 5.74) is 3.66. The molecule has 0 saturated carbocycles. The molecule has 4 rings (SSSR count). The van der Waals surface area contributed by atoms with Crippen molar-refractivity contribution in [2.24, 2.45) is 12.1 Å². The molecule has 1 amide bonds. The van der Waals surface area contributed by atoms with Gasteiger partial charge in [-0.1, -0.05) is 36.4 Å². The van der Waals surface area contributed by atoms with Crippen LogP contribution >= 0.6 is 11.3 Å². The minimum absolute atomic E-state index is 0.0376. The SMILES string of the molecule is Cc1ccsc1/C=N\NC(=O)CN(c1c(C)n(C)n(-c2ccccc2)c1=O)S(=O)(=O)c1ccccc1. The molecule has 9 nitrogen and oxygen atoms in total. The van der Waals surface area contributed by atoms with Crippen molar-refractivity contribution < 1.29 is 13.2 Å². The highest BCUT2D eigenvalue weighted by molar-refractivity contribution is 7.92. The Hall–Kier alpha value is -3.96. The summed E-state index contributed by atoms with van der Waals surface area (Å²) in [5.74, 6) is -0.686. The number of hydrogen-bond acceptors (Lipinski definition) is 6. The van der Waals surface area contributed by atoms with Crippen LogP contribution in [0.2, 0.25) is 0 Å². The normalized spacial score (nSPS) is 11.6. The number of benzene rings is 2. The van der Waals surface area contributed by atoms with Crippen molar-refractivity contribution in [3.05, 3.63) is 98.6 Å². The van der Waals surface area contributed by atoms with Gasteiger partial charge >= 0.3 is 0 Å². The predicted octanol–water partition coefficient (Wildman–Crippen LogP) is 3.20. The maximum absolute atomic E-state index is 13.7. The van der Waals surface area contributed by atoms with E-state index in [1.807, 2.05) is 24.4 Å². The zero-order valence-electron chi connectivity index (χ0n) is 20.0. The first-order valence-electron chi connectivity index (χ1n) is 11.0. The average Bonchev–Trinajstić information content (AvgIpc) is 3.38. The molecule has 0 saturated heterocycles. The molecule has 0 aliphatic rings. The molecule has 0 unspecified atom stereocenters. The van der Waals surface area contributed by atoms with Gasteiger partial charge in [0.1, 0.15) is 12.2 Å². The Morgan fingerprint density at radius 1 is 1.06 bits per heavy atom. The number of amides is 1. The Balaban J connectivity index is 1.76. The van der Waals surface area contributed by atoms with Crippen molar-refractivity contribution in [3.63, 3.8) is 0 Å². The van der Waals surface area contributed by atoms with E-state index in [4.69, 9.17) is 0 Å². The van der Waals surface area contributed by atoms with Crippen LogP contribution in [0.3, 0.4) is 0 Å². The number of hydrazone groups is 1. The lowest BCUT2D eigenvalue weighted by atomic mass is 10.3. The zero-order valence-corrected chi connectivity index (χ0v) is 21.6. The van der Waals surface area contributed by atoms with Gasteiger partial charge in [0.2, 0.25) is 0 Å². The number of anilines is 1. The second kappa shape index (κ2) is 10.3. The molecule has 1 N–H and O–H groups in total. The third-order valence-corrected chi connectivity index (χ3v) is 8.38. The molecule has 0 radical (unpaired) electrons. The Morgan fingerprint density at radius 3 is 2.31 bits per heavy atom. The largest absolute Gasteiger partial charge is 0.296 e. The van der Waals surface area contributed by atoms with Crippen LogP contribution in [0, 0.1) is 13.8 Å². The van der Waals surface area contributed by atoms with E-state index >= 15 is 0 Å². The second-order valence-corrected chi connectivity index (χ2v) is 10.8. The number of aromatic nitrogens is 2. The molecule has 36 heavy (non-hydrogen) atoms. The summed E-state index contributed by atoms with van der Waals surface area (Å²) in [5, 5.41) is 5.87. The maximum Gasteiger partial charge on any atom is 0.296 e. The number of para-hydroxylation sites is 1. The first-order chi connectivity index (χ1) is 17.2. The van der Waals surface area contributed by atoms with Gasteiger partial charge in [0.15, 0.2) is 0 Å². The fourth-order valence-electron chi connectivity index (χ4n) is 3.69. The Kier molecular flexibility index (Phi) is 7.22. The molecular formula is C25H25N5O4S2. The van der Waals surface area contributed by atoms with Crippen LogP contribution in [0.1, 0.15) is 16.1 Å². The van der Waals surface area contributed by atoms with Gasteiger partial charge in [-0.3, -0.25) is 14.3 Å². The van der Waals surface area contributed by atoms with Gasteiger partial charge in [-0.15, -0.1) is 11.3 Å². The molecule has 0 spiro atoms. The third kappa shape index (κ3) is 4.88. The lowest BCUT2D eigenvalue weighted by molar-refractivity contribution is -0.119. The topological polar surface area (TPSA) is 106 Å². The molecule has 186 valence electrons. The molecule has 11 heteroatoms. The molecule has 0 aliphatic heterocycles. The van der Waals surface area contributed by atoms with E-state index in [1.165, 1.54) is 34.4 Å². The van der Waals surface area contributed by atoms with Crippen molar-refractivity contribution >= 4 is 39.2 Å². The summed E-state index contributed by atoms with van der Waals surface area (Å²) >= 11 is 1.47. The average molecular weight is 524 g/mol. The van der Waals surface area contributed by atoms with Crippen molar-refractivity contribution in [2.75, 3.05) is 10.8 Å². The van der Waals surface area contributed by atoms with Crippen LogP contribution in [-0.2, 0) is 21.9 Å². The third-order valence-electron chi connectivity index (χ3n) is 5.66. The van der Waals surface area contributed by atoms with E-state index in [-0.39, 0.29) is 10.6 Å². The van der Waals surface area contributed by atoms with Gasteiger partial charge in [0.25, 0.3) is 21.5 Å². The lowest BCUT2D eigenvalue weighted by Crippen LogP contribution is -2.42. The highest BCUT2D eigenvalue weighted by atomic mass is 32.2.